The molecule has 4 rings (SSSR count). The third-order valence-electron chi connectivity index (χ3n) is 5.87. The molecule has 1 amide bonds. The number of hydrogen-bond donors (Lipinski definition) is 2. The Morgan fingerprint density at radius 1 is 0.897 bits per heavy atom. The molecular formula is C28H19Cl2F4NO4. The maximum atomic E-state index is 13.8. The van der Waals surface area contributed by atoms with Gasteiger partial charge in [-0.25, -0.2) is 9.18 Å². The van der Waals surface area contributed by atoms with Crippen LogP contribution in [0.15, 0.2) is 72.8 Å². The van der Waals surface area contributed by atoms with E-state index in [-0.39, 0.29) is 29.9 Å². The third-order valence-corrected chi connectivity index (χ3v) is 6.61. The molecule has 5 nitrogen and oxygen atoms in total. The Kier molecular flexibility index (Phi) is 8.32. The van der Waals surface area contributed by atoms with Crippen LogP contribution in [0.5, 0.6) is 5.75 Å². The molecule has 0 heterocycles. The second-order valence-corrected chi connectivity index (χ2v) is 9.42. The number of benzene rings is 4. The predicted octanol–water partition coefficient (Wildman–Crippen LogP) is 7.31. The quantitative estimate of drug-likeness (QED) is 0.215. The molecule has 4 aromatic carbocycles. The van der Waals surface area contributed by atoms with E-state index in [1.165, 1.54) is 30.3 Å². The van der Waals surface area contributed by atoms with Gasteiger partial charge in [-0.1, -0.05) is 47.5 Å². The SMILES string of the molecule is O=C(N[C@@H](Cc1ccc(C(F)(F)F)cc1)C(=O)O)c1ccc2cc(F)ccc2c1OCc1ccc(Cl)c(Cl)c1. The first-order chi connectivity index (χ1) is 18.4. The van der Waals surface area contributed by atoms with Gasteiger partial charge in [0.05, 0.1) is 21.2 Å². The normalized spacial score (nSPS) is 12.3. The lowest BCUT2D eigenvalue weighted by molar-refractivity contribution is -0.139. The first kappa shape index (κ1) is 28.2. The summed E-state index contributed by atoms with van der Waals surface area (Å²) in [6, 6.07) is 14.1. The van der Waals surface area contributed by atoms with Crippen molar-refractivity contribution in [1.29, 1.82) is 0 Å². The number of hydrogen-bond acceptors (Lipinski definition) is 3. The lowest BCUT2D eigenvalue weighted by atomic mass is 10.0. The highest BCUT2D eigenvalue weighted by atomic mass is 35.5. The summed E-state index contributed by atoms with van der Waals surface area (Å²) in [5, 5.41) is 13.6. The van der Waals surface area contributed by atoms with E-state index in [2.05, 4.69) is 5.32 Å². The van der Waals surface area contributed by atoms with Crippen molar-refractivity contribution < 1.29 is 37.0 Å². The van der Waals surface area contributed by atoms with Gasteiger partial charge in [-0.05, 0) is 65.0 Å². The fourth-order valence-corrected chi connectivity index (χ4v) is 4.21. The maximum absolute atomic E-state index is 13.8. The molecule has 0 aromatic heterocycles. The molecule has 0 saturated carbocycles. The summed E-state index contributed by atoms with van der Waals surface area (Å²) in [7, 11) is 0. The standard InChI is InChI=1S/C28H19Cl2F4NO4/c29-22-10-3-16(11-23(22)30)14-39-25-20-9-7-19(31)13-17(20)4-8-21(25)26(36)35-24(27(37)38)12-15-1-5-18(6-2-15)28(32,33)34/h1-11,13,24H,12,14H2,(H,35,36)(H,37,38)/t24-/m0/s1. The van der Waals surface area contributed by atoms with Crippen molar-refractivity contribution >= 4 is 45.9 Å². The molecule has 0 radical (unpaired) electrons. The Hall–Kier alpha value is -3.82. The van der Waals surface area contributed by atoms with Crippen LogP contribution in [0, 0.1) is 5.82 Å². The fraction of sp³-hybridized carbons (Fsp3) is 0.143. The number of carboxylic acids is 1. The third kappa shape index (κ3) is 6.79. The highest BCUT2D eigenvalue weighted by Gasteiger charge is 2.30. The van der Waals surface area contributed by atoms with Gasteiger partial charge in [-0.15, -0.1) is 0 Å². The molecule has 11 heteroatoms. The topological polar surface area (TPSA) is 75.6 Å². The monoisotopic (exact) mass is 579 g/mol. The molecule has 39 heavy (non-hydrogen) atoms. The summed E-state index contributed by atoms with van der Waals surface area (Å²) in [4.78, 5) is 25.2. The van der Waals surface area contributed by atoms with Crippen molar-refractivity contribution in [2.45, 2.75) is 25.2 Å². The molecule has 202 valence electrons. The number of amides is 1. The van der Waals surface area contributed by atoms with E-state index < -0.39 is 35.5 Å². The number of fused-ring (bicyclic) bond motifs is 1. The van der Waals surface area contributed by atoms with Crippen molar-refractivity contribution in [3.05, 3.63) is 111 Å². The van der Waals surface area contributed by atoms with Crippen LogP contribution in [-0.4, -0.2) is 23.0 Å². The Balaban J connectivity index is 1.62. The molecule has 0 fully saturated rings. The summed E-state index contributed by atoms with van der Waals surface area (Å²) in [6.07, 6.45) is -4.80. The number of carbonyl (C=O) groups is 2. The molecule has 0 saturated heterocycles. The van der Waals surface area contributed by atoms with E-state index in [4.69, 9.17) is 27.9 Å². The van der Waals surface area contributed by atoms with Crippen molar-refractivity contribution in [3.63, 3.8) is 0 Å². The minimum atomic E-state index is -4.54. The number of ether oxygens (including phenoxy) is 1. The van der Waals surface area contributed by atoms with Crippen LogP contribution in [0.3, 0.4) is 0 Å². The summed E-state index contributed by atoms with van der Waals surface area (Å²) < 4.78 is 58.4. The molecule has 1 atom stereocenters. The molecule has 0 spiro atoms. The lowest BCUT2D eigenvalue weighted by Gasteiger charge is -2.18. The molecule has 0 unspecified atom stereocenters. The predicted molar refractivity (Wildman–Crippen MR) is 139 cm³/mol. The van der Waals surface area contributed by atoms with Crippen LogP contribution >= 0.6 is 23.2 Å². The van der Waals surface area contributed by atoms with Gasteiger partial charge in [0.1, 0.15) is 24.2 Å². The Morgan fingerprint density at radius 3 is 2.23 bits per heavy atom. The van der Waals surface area contributed by atoms with E-state index in [1.807, 2.05) is 0 Å². The molecule has 0 aliphatic carbocycles. The van der Waals surface area contributed by atoms with Crippen molar-refractivity contribution in [3.8, 4) is 5.75 Å². The van der Waals surface area contributed by atoms with E-state index in [0.717, 1.165) is 24.3 Å². The number of carboxylic acid groups (broad SMARTS) is 1. The number of alkyl halides is 3. The van der Waals surface area contributed by atoms with Gasteiger partial charge in [0, 0.05) is 11.8 Å². The molecule has 0 aliphatic heterocycles. The van der Waals surface area contributed by atoms with Gasteiger partial charge in [-0.3, -0.25) is 4.79 Å². The van der Waals surface area contributed by atoms with Crippen molar-refractivity contribution in [2.75, 3.05) is 0 Å². The fourth-order valence-electron chi connectivity index (χ4n) is 3.89. The van der Waals surface area contributed by atoms with Crippen LogP contribution in [-0.2, 0) is 24.0 Å². The minimum Gasteiger partial charge on any atom is -0.487 e. The number of aliphatic carboxylic acids is 1. The van der Waals surface area contributed by atoms with Gasteiger partial charge in [0.15, 0.2) is 0 Å². The summed E-state index contributed by atoms with van der Waals surface area (Å²) >= 11 is 12.0. The smallest absolute Gasteiger partial charge is 0.416 e. The minimum absolute atomic E-state index is 0.0205. The van der Waals surface area contributed by atoms with Crippen LogP contribution in [0.2, 0.25) is 10.0 Å². The van der Waals surface area contributed by atoms with Crippen LogP contribution in [0.4, 0.5) is 17.6 Å². The number of carbonyl (C=O) groups excluding carboxylic acids is 1. The lowest BCUT2D eigenvalue weighted by Crippen LogP contribution is -2.42. The first-order valence-electron chi connectivity index (χ1n) is 11.4. The Morgan fingerprint density at radius 2 is 1.59 bits per heavy atom. The van der Waals surface area contributed by atoms with Gasteiger partial charge in [0.25, 0.3) is 5.91 Å². The molecule has 2 N–H and O–H groups in total. The van der Waals surface area contributed by atoms with Gasteiger partial charge in [0.2, 0.25) is 0 Å². The van der Waals surface area contributed by atoms with E-state index in [9.17, 15) is 32.3 Å². The Labute approximate surface area is 229 Å². The average Bonchev–Trinajstić information content (AvgIpc) is 2.88. The zero-order valence-corrected chi connectivity index (χ0v) is 21.4. The zero-order valence-electron chi connectivity index (χ0n) is 19.9. The molecule has 0 aliphatic rings. The second-order valence-electron chi connectivity index (χ2n) is 8.61. The second kappa shape index (κ2) is 11.5. The summed E-state index contributed by atoms with van der Waals surface area (Å²) in [5.41, 5.74) is 0.00716. The molecule has 4 aromatic rings. The van der Waals surface area contributed by atoms with Crippen molar-refractivity contribution in [2.24, 2.45) is 0 Å². The number of nitrogens with one attached hydrogen (secondary N) is 1. The number of halogens is 6. The summed E-state index contributed by atoms with van der Waals surface area (Å²) in [5.74, 6) is -2.61. The zero-order chi connectivity index (χ0) is 28.3. The van der Waals surface area contributed by atoms with Gasteiger partial charge in [-0.2, -0.15) is 13.2 Å². The highest BCUT2D eigenvalue weighted by molar-refractivity contribution is 6.42. The highest BCUT2D eigenvalue weighted by Crippen LogP contribution is 2.33. The van der Waals surface area contributed by atoms with Crippen LogP contribution in [0.1, 0.15) is 27.0 Å². The van der Waals surface area contributed by atoms with Gasteiger partial charge >= 0.3 is 12.1 Å². The van der Waals surface area contributed by atoms with Crippen LogP contribution in [0.25, 0.3) is 10.8 Å². The summed E-state index contributed by atoms with van der Waals surface area (Å²) in [6.45, 7) is -0.0401. The van der Waals surface area contributed by atoms with Crippen LogP contribution < -0.4 is 10.1 Å². The number of rotatable bonds is 8. The van der Waals surface area contributed by atoms with E-state index in [1.54, 1.807) is 18.2 Å². The van der Waals surface area contributed by atoms with E-state index in [0.29, 0.717) is 26.4 Å². The largest absolute Gasteiger partial charge is 0.487 e. The maximum Gasteiger partial charge on any atom is 0.416 e. The first-order valence-corrected chi connectivity index (χ1v) is 12.2. The molecule has 0 bridgehead atoms. The average molecular weight is 580 g/mol. The molecular weight excluding hydrogens is 561 g/mol. The van der Waals surface area contributed by atoms with Gasteiger partial charge < -0.3 is 15.2 Å². The van der Waals surface area contributed by atoms with Crippen molar-refractivity contribution in [1.82, 2.24) is 5.32 Å². The Bertz CT molecular complexity index is 1540. The van der Waals surface area contributed by atoms with E-state index >= 15 is 0 Å².